The van der Waals surface area contributed by atoms with Gasteiger partial charge in [-0.05, 0) is 50.5 Å². The average molecular weight is 433 g/mol. The Morgan fingerprint density at radius 3 is 2.26 bits per heavy atom. The van der Waals surface area contributed by atoms with Crippen molar-refractivity contribution in [2.45, 2.75) is 38.4 Å². The molecule has 0 radical (unpaired) electrons. The van der Waals surface area contributed by atoms with Gasteiger partial charge in [0.05, 0.1) is 11.1 Å². The van der Waals surface area contributed by atoms with Crippen LogP contribution in [0, 0.1) is 0 Å². The van der Waals surface area contributed by atoms with Crippen LogP contribution < -0.4 is 9.80 Å². The second kappa shape index (κ2) is 8.72. The van der Waals surface area contributed by atoms with E-state index in [9.17, 15) is 18.0 Å². The summed E-state index contributed by atoms with van der Waals surface area (Å²) in [7, 11) is 0. The number of benzene rings is 1. The predicted octanol–water partition coefficient (Wildman–Crippen LogP) is 3.84. The quantitative estimate of drug-likeness (QED) is 0.736. The first kappa shape index (κ1) is 21.4. The van der Waals surface area contributed by atoms with Gasteiger partial charge in [0.25, 0.3) is 5.91 Å². The van der Waals surface area contributed by atoms with E-state index in [1.54, 1.807) is 0 Å². The van der Waals surface area contributed by atoms with Crippen molar-refractivity contribution in [2.24, 2.45) is 0 Å². The molecule has 1 aromatic heterocycles. The van der Waals surface area contributed by atoms with Crippen LogP contribution in [0.3, 0.4) is 0 Å². The largest absolute Gasteiger partial charge is 0.417 e. The fourth-order valence-corrected chi connectivity index (χ4v) is 4.30. The first-order valence-electron chi connectivity index (χ1n) is 10.7. The van der Waals surface area contributed by atoms with E-state index in [-0.39, 0.29) is 5.56 Å². The highest BCUT2D eigenvalue weighted by Crippen LogP contribution is 2.32. The molecule has 2 fully saturated rings. The van der Waals surface area contributed by atoms with Crippen molar-refractivity contribution in [3.63, 3.8) is 0 Å². The number of carbonyl (C=O) groups excluding carboxylic acids is 1. The number of aromatic nitrogens is 2. The van der Waals surface area contributed by atoms with Crippen molar-refractivity contribution in [3.8, 4) is 0 Å². The number of carbonyl (C=O) groups is 1. The van der Waals surface area contributed by atoms with Crippen LogP contribution in [0.15, 0.2) is 36.4 Å². The number of anilines is 2. The van der Waals surface area contributed by atoms with E-state index in [0.717, 1.165) is 37.1 Å². The van der Waals surface area contributed by atoms with Gasteiger partial charge >= 0.3 is 6.18 Å². The molecule has 4 rings (SSSR count). The minimum atomic E-state index is -4.56. The number of amides is 1. The van der Waals surface area contributed by atoms with Gasteiger partial charge in [-0.25, -0.2) is 0 Å². The van der Waals surface area contributed by atoms with Crippen LogP contribution >= 0.6 is 0 Å². The van der Waals surface area contributed by atoms with Crippen molar-refractivity contribution in [3.05, 3.63) is 47.5 Å². The summed E-state index contributed by atoms with van der Waals surface area (Å²) in [5.74, 6) is 0.998. The number of nitrogens with zero attached hydrogens (tertiary/aromatic N) is 5. The van der Waals surface area contributed by atoms with Crippen molar-refractivity contribution in [1.82, 2.24) is 15.1 Å². The summed E-state index contributed by atoms with van der Waals surface area (Å²) < 4.78 is 39.8. The second-order valence-corrected chi connectivity index (χ2v) is 8.11. The lowest BCUT2D eigenvalue weighted by Crippen LogP contribution is -2.49. The lowest BCUT2D eigenvalue weighted by molar-refractivity contribution is -0.138. The maximum atomic E-state index is 13.3. The highest BCUT2D eigenvalue weighted by Gasteiger charge is 2.36. The summed E-state index contributed by atoms with van der Waals surface area (Å²) in [6.07, 6.45) is -1.02. The van der Waals surface area contributed by atoms with Crippen molar-refractivity contribution in [2.75, 3.05) is 42.5 Å². The monoisotopic (exact) mass is 433 g/mol. The van der Waals surface area contributed by atoms with E-state index in [1.165, 1.54) is 29.5 Å². The molecule has 166 valence electrons. The molecular formula is C22H26F3N5O. The van der Waals surface area contributed by atoms with E-state index in [1.807, 2.05) is 17.0 Å². The Hall–Kier alpha value is -2.84. The Balaban J connectivity index is 1.40. The lowest BCUT2D eigenvalue weighted by atomic mass is 10.0. The second-order valence-electron chi connectivity index (χ2n) is 8.11. The molecule has 6 nitrogen and oxygen atoms in total. The van der Waals surface area contributed by atoms with Gasteiger partial charge in [0.1, 0.15) is 0 Å². The lowest BCUT2D eigenvalue weighted by Gasteiger charge is -2.36. The number of alkyl halides is 3. The van der Waals surface area contributed by atoms with Crippen LogP contribution in [0.5, 0.6) is 0 Å². The average Bonchev–Trinajstić information content (AvgIpc) is 2.79. The highest BCUT2D eigenvalue weighted by molar-refractivity contribution is 5.96. The zero-order valence-corrected chi connectivity index (χ0v) is 17.5. The molecule has 31 heavy (non-hydrogen) atoms. The standard InChI is InChI=1S/C22H26F3N5O/c1-16-6-4-5-11-30(16)20-10-9-19(26-27-20)28-12-14-29(15-13-28)21(31)17-7-2-3-8-18(17)22(23,24)25/h2-3,7-10,16H,4-6,11-15H2,1H3. The van der Waals surface area contributed by atoms with E-state index in [2.05, 4.69) is 22.0 Å². The molecule has 1 aromatic carbocycles. The molecule has 1 atom stereocenters. The van der Waals surface area contributed by atoms with E-state index >= 15 is 0 Å². The molecule has 2 aromatic rings. The smallest absolute Gasteiger partial charge is 0.352 e. The Morgan fingerprint density at radius 1 is 0.935 bits per heavy atom. The third-order valence-corrected chi connectivity index (χ3v) is 6.09. The Morgan fingerprint density at radius 2 is 1.61 bits per heavy atom. The Labute approximate surface area is 179 Å². The van der Waals surface area contributed by atoms with Crippen LogP contribution in [0.2, 0.25) is 0 Å². The zero-order valence-electron chi connectivity index (χ0n) is 17.5. The minimum absolute atomic E-state index is 0.303. The van der Waals surface area contributed by atoms with Gasteiger partial charge in [-0.2, -0.15) is 13.2 Å². The summed E-state index contributed by atoms with van der Waals surface area (Å²) in [5, 5.41) is 8.77. The Bertz CT molecular complexity index is 910. The van der Waals surface area contributed by atoms with E-state index < -0.39 is 17.6 Å². The molecule has 0 saturated carbocycles. The van der Waals surface area contributed by atoms with Crippen molar-refractivity contribution < 1.29 is 18.0 Å². The van der Waals surface area contributed by atoms with Gasteiger partial charge in [0.15, 0.2) is 11.6 Å². The maximum absolute atomic E-state index is 13.3. The van der Waals surface area contributed by atoms with Gasteiger partial charge in [-0.3, -0.25) is 4.79 Å². The molecule has 0 aliphatic carbocycles. The fourth-order valence-electron chi connectivity index (χ4n) is 4.30. The molecular weight excluding hydrogens is 407 g/mol. The van der Waals surface area contributed by atoms with Gasteiger partial charge in [0.2, 0.25) is 0 Å². The first-order chi connectivity index (χ1) is 14.8. The molecule has 3 heterocycles. The fraction of sp³-hybridized carbons (Fsp3) is 0.500. The molecule has 0 bridgehead atoms. The highest BCUT2D eigenvalue weighted by atomic mass is 19.4. The molecule has 2 saturated heterocycles. The van der Waals surface area contributed by atoms with Gasteiger partial charge in [-0.15, -0.1) is 10.2 Å². The SMILES string of the molecule is CC1CCCCN1c1ccc(N2CCN(C(=O)c3ccccc3C(F)(F)F)CC2)nn1. The number of piperazine rings is 1. The number of rotatable bonds is 3. The summed E-state index contributed by atoms with van der Waals surface area (Å²) in [6.45, 7) is 4.83. The van der Waals surface area contributed by atoms with E-state index in [0.29, 0.717) is 32.2 Å². The predicted molar refractivity (Wildman–Crippen MR) is 112 cm³/mol. The first-order valence-corrected chi connectivity index (χ1v) is 10.7. The van der Waals surface area contributed by atoms with Gasteiger partial charge in [-0.1, -0.05) is 12.1 Å². The number of halogens is 3. The van der Waals surface area contributed by atoms with Crippen LogP contribution in [0.25, 0.3) is 0 Å². The zero-order chi connectivity index (χ0) is 22.0. The summed E-state index contributed by atoms with van der Waals surface area (Å²) in [6, 6.07) is 9.29. The van der Waals surface area contributed by atoms with Crippen LogP contribution in [0.1, 0.15) is 42.1 Å². The van der Waals surface area contributed by atoms with Crippen molar-refractivity contribution in [1.29, 1.82) is 0 Å². The number of hydrogen-bond acceptors (Lipinski definition) is 5. The number of piperidine rings is 1. The molecule has 2 aliphatic rings. The summed E-state index contributed by atoms with van der Waals surface area (Å²) in [4.78, 5) is 18.5. The van der Waals surface area contributed by atoms with Crippen molar-refractivity contribution >= 4 is 17.5 Å². The summed E-state index contributed by atoms with van der Waals surface area (Å²) in [5.41, 5.74) is -1.20. The van der Waals surface area contributed by atoms with Crippen LogP contribution in [-0.4, -0.2) is 59.8 Å². The van der Waals surface area contributed by atoms with E-state index in [4.69, 9.17) is 0 Å². The summed E-state index contributed by atoms with van der Waals surface area (Å²) >= 11 is 0. The maximum Gasteiger partial charge on any atom is 0.417 e. The topological polar surface area (TPSA) is 52.6 Å². The number of hydrogen-bond donors (Lipinski definition) is 0. The third-order valence-electron chi connectivity index (χ3n) is 6.09. The van der Waals surface area contributed by atoms with Gasteiger partial charge in [0, 0.05) is 38.8 Å². The Kier molecular flexibility index (Phi) is 6.02. The van der Waals surface area contributed by atoms with Gasteiger partial charge < -0.3 is 14.7 Å². The molecule has 9 heteroatoms. The normalized spacial score (nSPS) is 20.1. The molecule has 1 amide bonds. The molecule has 0 spiro atoms. The third kappa shape index (κ3) is 4.60. The molecule has 0 N–H and O–H groups in total. The minimum Gasteiger partial charge on any atom is -0.352 e. The molecule has 1 unspecified atom stereocenters. The van der Waals surface area contributed by atoms with Crippen LogP contribution in [0.4, 0.5) is 24.8 Å². The van der Waals surface area contributed by atoms with Crippen LogP contribution in [-0.2, 0) is 6.18 Å². The molecule has 2 aliphatic heterocycles.